The van der Waals surface area contributed by atoms with E-state index in [-0.39, 0.29) is 40.4 Å². The Balaban J connectivity index is 1.56. The predicted octanol–water partition coefficient (Wildman–Crippen LogP) is 3.03. The largest absolute Gasteiger partial charge is 0.273 e. The Morgan fingerprint density at radius 2 is 1.82 bits per heavy atom. The van der Waals surface area contributed by atoms with Gasteiger partial charge in [-0.15, -0.1) is 0 Å². The van der Waals surface area contributed by atoms with E-state index in [1.165, 1.54) is 22.5 Å². The summed E-state index contributed by atoms with van der Waals surface area (Å²) in [4.78, 5) is 12.5. The number of amides is 1. The smallest absolute Gasteiger partial charge is 0.243 e. The number of piperidine rings is 1. The molecule has 0 aliphatic carbocycles. The number of benzene rings is 2. The molecule has 0 saturated carbocycles. The molecule has 1 heterocycles. The molecule has 1 fully saturated rings. The second-order valence-corrected chi connectivity index (χ2v) is 8.71. The highest BCUT2D eigenvalue weighted by molar-refractivity contribution is 7.89. The van der Waals surface area contributed by atoms with Crippen molar-refractivity contribution in [1.82, 2.24) is 9.73 Å². The molecule has 2 aromatic rings. The van der Waals surface area contributed by atoms with Crippen LogP contribution in [-0.2, 0) is 14.8 Å². The number of carbonyl (C=O) groups is 1. The third-order valence-electron chi connectivity index (χ3n) is 4.57. The van der Waals surface area contributed by atoms with E-state index in [2.05, 4.69) is 10.5 Å². The first-order valence-electron chi connectivity index (χ1n) is 8.71. The average Bonchev–Trinajstić information content (AvgIpc) is 2.71. The van der Waals surface area contributed by atoms with Crippen LogP contribution in [0.2, 0.25) is 5.02 Å². The molecule has 2 aromatic carbocycles. The van der Waals surface area contributed by atoms with Crippen LogP contribution in [0.4, 0.5) is 4.39 Å². The van der Waals surface area contributed by atoms with Crippen molar-refractivity contribution in [1.29, 1.82) is 0 Å². The Kier molecular flexibility index (Phi) is 6.43. The highest BCUT2D eigenvalue weighted by Crippen LogP contribution is 2.24. The van der Waals surface area contributed by atoms with Gasteiger partial charge in [-0.1, -0.05) is 35.9 Å². The van der Waals surface area contributed by atoms with Crippen LogP contribution >= 0.6 is 11.6 Å². The van der Waals surface area contributed by atoms with Gasteiger partial charge in [0.15, 0.2) is 0 Å². The van der Waals surface area contributed by atoms with Gasteiger partial charge in [0.2, 0.25) is 15.9 Å². The first kappa shape index (κ1) is 20.4. The molecule has 1 aliphatic heterocycles. The summed E-state index contributed by atoms with van der Waals surface area (Å²) in [5, 5.41) is 3.96. The first-order chi connectivity index (χ1) is 13.4. The molecule has 1 saturated heterocycles. The maximum Gasteiger partial charge on any atom is 0.243 e. The molecule has 148 valence electrons. The molecule has 0 bridgehead atoms. The van der Waals surface area contributed by atoms with Gasteiger partial charge in [-0.3, -0.25) is 4.79 Å². The Bertz CT molecular complexity index is 955. The first-order valence-corrected chi connectivity index (χ1v) is 10.5. The maximum atomic E-state index is 13.7. The average molecular weight is 424 g/mol. The summed E-state index contributed by atoms with van der Waals surface area (Å²) < 4.78 is 40.3. The van der Waals surface area contributed by atoms with Crippen molar-refractivity contribution in [2.45, 2.75) is 17.7 Å². The van der Waals surface area contributed by atoms with Crippen molar-refractivity contribution in [2.24, 2.45) is 11.0 Å². The van der Waals surface area contributed by atoms with Gasteiger partial charge in [0.25, 0.3) is 0 Å². The number of carbonyl (C=O) groups excluding carboxylic acids is 1. The Hall–Kier alpha value is -2.29. The Morgan fingerprint density at radius 3 is 2.46 bits per heavy atom. The molecule has 1 amide bonds. The quantitative estimate of drug-likeness (QED) is 0.593. The van der Waals surface area contributed by atoms with Crippen LogP contribution in [0, 0.1) is 11.7 Å². The van der Waals surface area contributed by atoms with Crippen molar-refractivity contribution in [3.63, 3.8) is 0 Å². The molecule has 0 unspecified atom stereocenters. The van der Waals surface area contributed by atoms with Crippen LogP contribution < -0.4 is 5.43 Å². The normalized spacial score (nSPS) is 16.4. The van der Waals surface area contributed by atoms with Gasteiger partial charge < -0.3 is 0 Å². The minimum absolute atomic E-state index is 0.0910. The number of nitrogens with zero attached hydrogens (tertiary/aromatic N) is 2. The van der Waals surface area contributed by atoms with Gasteiger partial charge in [-0.25, -0.2) is 18.2 Å². The summed E-state index contributed by atoms with van der Waals surface area (Å²) in [6, 6.07) is 12.5. The molecule has 0 atom stereocenters. The summed E-state index contributed by atoms with van der Waals surface area (Å²) in [6.07, 6.45) is 1.92. The molecule has 1 N–H and O–H groups in total. The van der Waals surface area contributed by atoms with Gasteiger partial charge in [0, 0.05) is 24.6 Å². The second-order valence-electron chi connectivity index (χ2n) is 6.36. The van der Waals surface area contributed by atoms with Gasteiger partial charge in [-0.05, 0) is 37.1 Å². The fourth-order valence-corrected chi connectivity index (χ4v) is 4.69. The maximum absolute atomic E-state index is 13.7. The summed E-state index contributed by atoms with van der Waals surface area (Å²) in [7, 11) is -3.56. The molecule has 1 aliphatic rings. The van der Waals surface area contributed by atoms with E-state index < -0.39 is 15.8 Å². The van der Waals surface area contributed by atoms with Crippen molar-refractivity contribution >= 4 is 33.7 Å². The number of sulfonamides is 1. The van der Waals surface area contributed by atoms with E-state index in [4.69, 9.17) is 11.6 Å². The number of rotatable bonds is 5. The lowest BCUT2D eigenvalue weighted by Crippen LogP contribution is -2.42. The van der Waals surface area contributed by atoms with Crippen LogP contribution in [0.25, 0.3) is 0 Å². The van der Waals surface area contributed by atoms with Gasteiger partial charge >= 0.3 is 0 Å². The molecule has 0 aromatic heterocycles. The number of hydrazone groups is 1. The topological polar surface area (TPSA) is 78.8 Å². The molecule has 0 radical (unpaired) electrons. The predicted molar refractivity (Wildman–Crippen MR) is 105 cm³/mol. The lowest BCUT2D eigenvalue weighted by Gasteiger charge is -2.30. The number of hydrogen-bond donors (Lipinski definition) is 1. The molecule has 3 rings (SSSR count). The minimum atomic E-state index is -3.56. The van der Waals surface area contributed by atoms with E-state index in [0.29, 0.717) is 12.8 Å². The number of hydrogen-bond acceptors (Lipinski definition) is 4. The molecule has 9 heteroatoms. The van der Waals surface area contributed by atoms with E-state index in [9.17, 15) is 17.6 Å². The zero-order chi connectivity index (χ0) is 20.1. The van der Waals surface area contributed by atoms with Crippen molar-refractivity contribution in [2.75, 3.05) is 13.1 Å². The van der Waals surface area contributed by atoms with Crippen molar-refractivity contribution in [3.05, 3.63) is 64.9 Å². The highest BCUT2D eigenvalue weighted by atomic mass is 35.5. The zero-order valence-corrected chi connectivity index (χ0v) is 16.5. The van der Waals surface area contributed by atoms with Crippen LogP contribution in [0.5, 0.6) is 0 Å². The Labute approximate surface area is 168 Å². The van der Waals surface area contributed by atoms with Crippen LogP contribution in [-0.4, -0.2) is 37.9 Å². The summed E-state index contributed by atoms with van der Waals surface area (Å²) in [5.41, 5.74) is 2.47. The molecule has 28 heavy (non-hydrogen) atoms. The van der Waals surface area contributed by atoms with Crippen LogP contribution in [0.3, 0.4) is 0 Å². The second kappa shape index (κ2) is 8.81. The molecule has 6 nitrogen and oxygen atoms in total. The monoisotopic (exact) mass is 423 g/mol. The fourth-order valence-electron chi connectivity index (χ4n) is 2.99. The lowest BCUT2D eigenvalue weighted by atomic mass is 9.98. The Morgan fingerprint density at radius 1 is 1.14 bits per heavy atom. The number of halogens is 2. The summed E-state index contributed by atoms with van der Waals surface area (Å²) in [6.45, 7) is 0.496. The third kappa shape index (κ3) is 4.57. The van der Waals surface area contributed by atoms with Crippen molar-refractivity contribution < 1.29 is 17.6 Å². The summed E-state index contributed by atoms with van der Waals surface area (Å²) >= 11 is 5.90. The highest BCUT2D eigenvalue weighted by Gasteiger charge is 2.31. The van der Waals surface area contributed by atoms with Crippen LogP contribution in [0.1, 0.15) is 18.4 Å². The third-order valence-corrected chi connectivity index (χ3v) is 6.82. The van der Waals surface area contributed by atoms with Gasteiger partial charge in [0.1, 0.15) is 5.82 Å². The van der Waals surface area contributed by atoms with Crippen LogP contribution in [0.15, 0.2) is 58.5 Å². The van der Waals surface area contributed by atoms with Gasteiger partial charge in [-0.2, -0.15) is 9.41 Å². The van der Waals surface area contributed by atoms with Gasteiger partial charge in [0.05, 0.1) is 16.1 Å². The fraction of sp³-hybridized carbons (Fsp3) is 0.263. The standard InChI is InChI=1S/C19H19ClFN3O3S/c20-17-7-4-8-18(21)16(17)13-22-23-19(25)14-9-11-24(12-10-14)28(26,27)15-5-2-1-3-6-15/h1-8,13-14H,9-12H2,(H,23,25)/b22-13-. The minimum Gasteiger partial charge on any atom is -0.273 e. The van der Waals surface area contributed by atoms with E-state index in [1.54, 1.807) is 30.3 Å². The SMILES string of the molecule is O=C(N/N=C\c1c(F)cccc1Cl)C1CCN(S(=O)(=O)c2ccccc2)CC1. The van der Waals surface area contributed by atoms with Crippen molar-refractivity contribution in [3.8, 4) is 0 Å². The zero-order valence-electron chi connectivity index (χ0n) is 14.9. The molecular weight excluding hydrogens is 405 g/mol. The summed E-state index contributed by atoms with van der Waals surface area (Å²) in [5.74, 6) is -1.24. The number of nitrogens with one attached hydrogen (secondary N) is 1. The molecule has 0 spiro atoms. The van der Waals surface area contributed by atoms with E-state index >= 15 is 0 Å². The lowest BCUT2D eigenvalue weighted by molar-refractivity contribution is -0.126. The van der Waals surface area contributed by atoms with E-state index in [0.717, 1.165) is 6.21 Å². The molecular formula is C19H19ClFN3O3S. The van der Waals surface area contributed by atoms with E-state index in [1.807, 2.05) is 0 Å².